The zero-order chi connectivity index (χ0) is 14.9. The molecule has 1 aromatic rings. The van der Waals surface area contributed by atoms with Gasteiger partial charge in [-0.05, 0) is 62.6 Å². The maximum Gasteiger partial charge on any atom is 0.0171 e. The number of rotatable bonds is 0. The lowest BCUT2D eigenvalue weighted by Gasteiger charge is -2.33. The SMILES string of the molecule is CC1(C)C2=c3ccccc3=CC2=Cc2cc3cc[nH]cc-3c21. The molecular formula is C21H17N. The Balaban J connectivity index is 1.95. The highest BCUT2D eigenvalue weighted by atomic mass is 14.6. The van der Waals surface area contributed by atoms with Crippen molar-refractivity contribution in [1.82, 2.24) is 4.98 Å². The molecule has 1 aromatic carbocycles. The number of fused-ring (bicyclic) bond motifs is 5. The Kier molecular flexibility index (Phi) is 2.08. The van der Waals surface area contributed by atoms with E-state index in [0.29, 0.717) is 0 Å². The molecular weight excluding hydrogens is 266 g/mol. The Hall–Kier alpha value is -2.54. The fourth-order valence-electron chi connectivity index (χ4n) is 4.34. The van der Waals surface area contributed by atoms with Gasteiger partial charge in [0.05, 0.1) is 0 Å². The van der Waals surface area contributed by atoms with Gasteiger partial charge in [0.15, 0.2) is 0 Å². The molecule has 1 heterocycles. The number of pyridine rings is 1. The summed E-state index contributed by atoms with van der Waals surface area (Å²) in [4.78, 5) is 3.25. The highest BCUT2D eigenvalue weighted by Gasteiger charge is 2.38. The molecule has 0 radical (unpaired) electrons. The van der Waals surface area contributed by atoms with Gasteiger partial charge in [-0.25, -0.2) is 0 Å². The maximum absolute atomic E-state index is 3.25. The summed E-state index contributed by atoms with van der Waals surface area (Å²) in [7, 11) is 0. The van der Waals surface area contributed by atoms with Crippen molar-refractivity contribution in [2.45, 2.75) is 19.3 Å². The third-order valence-corrected chi connectivity index (χ3v) is 5.16. The molecule has 0 atom stereocenters. The lowest BCUT2D eigenvalue weighted by molar-refractivity contribution is 0.689. The van der Waals surface area contributed by atoms with Crippen LogP contribution in [0.5, 0.6) is 0 Å². The van der Waals surface area contributed by atoms with E-state index in [0.717, 1.165) is 0 Å². The zero-order valence-electron chi connectivity index (χ0n) is 12.8. The van der Waals surface area contributed by atoms with Gasteiger partial charge in [-0.15, -0.1) is 0 Å². The topological polar surface area (TPSA) is 15.8 Å². The molecule has 3 aliphatic carbocycles. The molecule has 0 spiro atoms. The third kappa shape index (κ3) is 1.34. The molecule has 0 unspecified atom stereocenters. The average Bonchev–Trinajstić information content (AvgIpc) is 3.05. The van der Waals surface area contributed by atoms with E-state index in [-0.39, 0.29) is 5.41 Å². The van der Waals surface area contributed by atoms with Gasteiger partial charge in [0, 0.05) is 23.4 Å². The van der Waals surface area contributed by atoms with Crippen LogP contribution in [0, 0.1) is 0 Å². The standard InChI is InChI=1S/C21H17N/c1-21(2)19-15(9-13-5-3-4-6-17(13)19)11-16-10-14-7-8-22-12-18(14)20(16)21/h3-12,22H,1-2H3. The molecule has 22 heavy (non-hydrogen) atoms. The van der Waals surface area contributed by atoms with Crippen molar-refractivity contribution in [3.63, 3.8) is 0 Å². The first-order chi connectivity index (χ1) is 10.7. The van der Waals surface area contributed by atoms with Gasteiger partial charge in [-0.2, -0.15) is 0 Å². The Labute approximate surface area is 129 Å². The lowest BCUT2D eigenvalue weighted by Crippen LogP contribution is -2.31. The summed E-state index contributed by atoms with van der Waals surface area (Å²) in [5.74, 6) is 0. The first kappa shape index (κ1) is 12.0. The number of aromatic nitrogens is 1. The van der Waals surface area contributed by atoms with Crippen LogP contribution in [0.15, 0.2) is 54.4 Å². The molecule has 0 fully saturated rings. The highest BCUT2D eigenvalue weighted by Crippen LogP contribution is 2.50. The van der Waals surface area contributed by atoms with Gasteiger partial charge in [-0.3, -0.25) is 0 Å². The average molecular weight is 283 g/mol. The summed E-state index contributed by atoms with van der Waals surface area (Å²) in [6.07, 6.45) is 8.83. The Morgan fingerprint density at radius 1 is 1.00 bits per heavy atom. The minimum Gasteiger partial charge on any atom is -0.367 e. The molecule has 0 bridgehead atoms. The van der Waals surface area contributed by atoms with Gasteiger partial charge >= 0.3 is 0 Å². The molecule has 1 aliphatic heterocycles. The molecule has 1 N–H and O–H groups in total. The zero-order valence-corrected chi connectivity index (χ0v) is 12.8. The number of nitrogens with one attached hydrogen (secondary N) is 1. The quantitative estimate of drug-likeness (QED) is 0.650. The van der Waals surface area contributed by atoms with E-state index in [4.69, 9.17) is 0 Å². The summed E-state index contributed by atoms with van der Waals surface area (Å²) < 4.78 is 0. The van der Waals surface area contributed by atoms with E-state index < -0.39 is 0 Å². The van der Waals surface area contributed by atoms with E-state index in [1.54, 1.807) is 0 Å². The lowest BCUT2D eigenvalue weighted by atomic mass is 9.70. The number of H-pyrrole nitrogens is 1. The number of aromatic amines is 1. The first-order valence-electron chi connectivity index (χ1n) is 7.80. The smallest absolute Gasteiger partial charge is 0.0171 e. The van der Waals surface area contributed by atoms with Crippen molar-refractivity contribution < 1.29 is 0 Å². The Morgan fingerprint density at radius 2 is 1.86 bits per heavy atom. The van der Waals surface area contributed by atoms with Crippen LogP contribution >= 0.6 is 0 Å². The van der Waals surface area contributed by atoms with Crippen LogP contribution in [0.25, 0.3) is 28.9 Å². The maximum atomic E-state index is 3.25. The molecule has 106 valence electrons. The number of benzene rings is 1. The number of hydrogen-bond acceptors (Lipinski definition) is 0. The van der Waals surface area contributed by atoms with Crippen molar-refractivity contribution in [3.05, 3.63) is 75.9 Å². The summed E-state index contributed by atoms with van der Waals surface area (Å²) in [6, 6.07) is 13.2. The number of hydrogen-bond donors (Lipinski definition) is 1. The third-order valence-electron chi connectivity index (χ3n) is 5.16. The van der Waals surface area contributed by atoms with Crippen molar-refractivity contribution in [3.8, 4) is 11.1 Å². The van der Waals surface area contributed by atoms with Crippen LogP contribution in [0.2, 0.25) is 0 Å². The van der Waals surface area contributed by atoms with Gasteiger partial charge in [-0.1, -0.05) is 38.1 Å². The Bertz CT molecular complexity index is 1040. The molecule has 0 aromatic heterocycles. The predicted molar refractivity (Wildman–Crippen MR) is 92.0 cm³/mol. The van der Waals surface area contributed by atoms with Crippen molar-refractivity contribution in [2.75, 3.05) is 0 Å². The van der Waals surface area contributed by atoms with Crippen LogP contribution in [-0.2, 0) is 5.41 Å². The normalized spacial score (nSPS) is 17.5. The minimum absolute atomic E-state index is 0.0134. The number of allylic oxidation sites excluding steroid dienone is 1. The van der Waals surface area contributed by atoms with Crippen LogP contribution < -0.4 is 10.4 Å². The fraction of sp³-hybridized carbons (Fsp3) is 0.143. The molecule has 0 saturated heterocycles. The van der Waals surface area contributed by atoms with E-state index in [1.807, 2.05) is 6.20 Å². The first-order valence-corrected chi connectivity index (χ1v) is 7.80. The van der Waals surface area contributed by atoms with Crippen LogP contribution in [-0.4, -0.2) is 4.98 Å². The molecule has 0 saturated carbocycles. The van der Waals surface area contributed by atoms with Gasteiger partial charge in [0.1, 0.15) is 0 Å². The van der Waals surface area contributed by atoms with Crippen LogP contribution in [0.3, 0.4) is 0 Å². The second-order valence-corrected chi connectivity index (χ2v) is 6.82. The molecule has 4 aliphatic rings. The summed E-state index contributed by atoms with van der Waals surface area (Å²) in [6.45, 7) is 4.72. The molecule has 5 rings (SSSR count). The minimum atomic E-state index is 0.0134. The second kappa shape index (κ2) is 3.80. The highest BCUT2D eigenvalue weighted by molar-refractivity contribution is 6.00. The van der Waals surface area contributed by atoms with E-state index in [9.17, 15) is 0 Å². The Morgan fingerprint density at radius 3 is 2.77 bits per heavy atom. The van der Waals surface area contributed by atoms with Crippen LogP contribution in [0.4, 0.5) is 0 Å². The van der Waals surface area contributed by atoms with Crippen molar-refractivity contribution >= 4 is 17.7 Å². The van der Waals surface area contributed by atoms with Gasteiger partial charge < -0.3 is 4.98 Å². The summed E-state index contributed by atoms with van der Waals surface area (Å²) in [5, 5.41) is 2.73. The van der Waals surface area contributed by atoms with Crippen molar-refractivity contribution in [2.24, 2.45) is 0 Å². The summed E-state index contributed by atoms with van der Waals surface area (Å²) >= 11 is 0. The van der Waals surface area contributed by atoms with Gasteiger partial charge in [0.2, 0.25) is 0 Å². The summed E-state index contributed by atoms with van der Waals surface area (Å²) in [5.41, 5.74) is 8.33. The van der Waals surface area contributed by atoms with E-state index in [1.165, 1.54) is 43.8 Å². The van der Waals surface area contributed by atoms with E-state index in [2.05, 4.69) is 73.6 Å². The van der Waals surface area contributed by atoms with Crippen molar-refractivity contribution in [1.29, 1.82) is 0 Å². The van der Waals surface area contributed by atoms with E-state index >= 15 is 0 Å². The molecule has 0 amide bonds. The monoisotopic (exact) mass is 283 g/mol. The van der Waals surface area contributed by atoms with Crippen LogP contribution in [0.1, 0.15) is 25.0 Å². The second-order valence-electron chi connectivity index (χ2n) is 6.82. The molecule has 1 heteroatoms. The largest absolute Gasteiger partial charge is 0.367 e. The fourth-order valence-corrected chi connectivity index (χ4v) is 4.34. The van der Waals surface area contributed by atoms with Gasteiger partial charge in [0.25, 0.3) is 0 Å². The predicted octanol–water partition coefficient (Wildman–Crippen LogP) is 3.44. The molecule has 1 nitrogen and oxygen atoms in total.